The van der Waals surface area contributed by atoms with Crippen LogP contribution < -0.4 is 5.84 Å². The van der Waals surface area contributed by atoms with Gasteiger partial charge in [-0.05, 0) is 37.8 Å². The van der Waals surface area contributed by atoms with Crippen molar-refractivity contribution in [1.29, 1.82) is 0 Å². The van der Waals surface area contributed by atoms with E-state index in [1.165, 1.54) is 0 Å². The number of nitrogens with zero attached hydrogens (tertiary/aromatic N) is 4. The lowest BCUT2D eigenvalue weighted by atomic mass is 9.81. The van der Waals surface area contributed by atoms with Crippen LogP contribution in [0.2, 0.25) is 0 Å². The molecule has 3 aliphatic rings. The Kier molecular flexibility index (Phi) is 5.16. The average molecular weight is 465 g/mol. The van der Waals surface area contributed by atoms with Crippen molar-refractivity contribution < 1.29 is 14.5 Å². The highest BCUT2D eigenvalue weighted by Crippen LogP contribution is 2.41. The van der Waals surface area contributed by atoms with Gasteiger partial charge in [0, 0.05) is 16.5 Å². The number of nitrogens with two attached hydrogens (primary N) is 1. The number of carboxylic acids is 1. The minimum Gasteiger partial charge on any atom is -0.481 e. The molecule has 2 aromatic carbocycles. The topological polar surface area (TPSA) is 101 Å². The normalized spacial score (nSPS) is 25.6. The van der Waals surface area contributed by atoms with E-state index < -0.39 is 5.97 Å². The van der Waals surface area contributed by atoms with Gasteiger partial charge in [-0.25, -0.2) is 4.98 Å². The van der Waals surface area contributed by atoms with Crippen molar-refractivity contribution in [2.45, 2.75) is 25.7 Å². The minimum atomic E-state index is -0.712. The zero-order valence-corrected chi connectivity index (χ0v) is 19.2. The lowest BCUT2D eigenvalue weighted by molar-refractivity contribution is -0.754. The van der Waals surface area contributed by atoms with Crippen molar-refractivity contribution in [2.75, 3.05) is 0 Å². The predicted octanol–water partition coefficient (Wildman–Crippen LogP) is 5.12. The van der Waals surface area contributed by atoms with E-state index in [0.717, 1.165) is 57.8 Å². The zero-order valence-electron chi connectivity index (χ0n) is 19.2. The van der Waals surface area contributed by atoms with Gasteiger partial charge in [-0.1, -0.05) is 48.5 Å². The van der Waals surface area contributed by atoms with Gasteiger partial charge in [-0.3, -0.25) is 9.79 Å². The second kappa shape index (κ2) is 8.37. The lowest BCUT2D eigenvalue weighted by Gasteiger charge is -2.33. The number of quaternary nitrogens is 1. The van der Waals surface area contributed by atoms with Gasteiger partial charge >= 0.3 is 5.97 Å². The molecule has 35 heavy (non-hydrogen) atoms. The first-order chi connectivity index (χ1) is 17.0. The maximum Gasteiger partial charge on any atom is 0.306 e. The molecule has 1 unspecified atom stereocenters. The maximum atomic E-state index is 11.4. The van der Waals surface area contributed by atoms with E-state index in [1.807, 2.05) is 30.5 Å². The highest BCUT2D eigenvalue weighted by molar-refractivity contribution is 6.01. The van der Waals surface area contributed by atoms with Gasteiger partial charge in [0.2, 0.25) is 11.5 Å². The highest BCUT2D eigenvalue weighted by atomic mass is 16.4. The molecule has 7 nitrogen and oxygen atoms in total. The van der Waals surface area contributed by atoms with E-state index in [9.17, 15) is 9.90 Å². The molecule has 3 aromatic rings. The fourth-order valence-corrected chi connectivity index (χ4v) is 5.36. The summed E-state index contributed by atoms with van der Waals surface area (Å²) in [6.45, 7) is 0. The molecule has 0 radical (unpaired) electrons. The number of rotatable bonds is 4. The van der Waals surface area contributed by atoms with Crippen molar-refractivity contribution in [3.05, 3.63) is 84.3 Å². The number of aliphatic imine (C=N–C) groups is 2. The Bertz CT molecular complexity index is 1450. The van der Waals surface area contributed by atoms with Gasteiger partial charge in [-0.2, -0.15) is 10.8 Å². The first kappa shape index (κ1) is 21.6. The molecule has 1 aliphatic carbocycles. The third-order valence-electron chi connectivity index (χ3n) is 7.31. The number of benzene rings is 2. The summed E-state index contributed by atoms with van der Waals surface area (Å²) in [5, 5.41) is 10.5. The molecule has 0 spiro atoms. The van der Waals surface area contributed by atoms with Gasteiger partial charge in [0.25, 0.3) is 0 Å². The van der Waals surface area contributed by atoms with Crippen LogP contribution in [0.3, 0.4) is 0 Å². The Morgan fingerprint density at radius 3 is 2.51 bits per heavy atom. The van der Waals surface area contributed by atoms with Crippen LogP contribution in [0.25, 0.3) is 27.9 Å². The second-order valence-corrected chi connectivity index (χ2v) is 9.41. The summed E-state index contributed by atoms with van der Waals surface area (Å²) in [6, 6.07) is 20.4. The van der Waals surface area contributed by atoms with Gasteiger partial charge in [0.1, 0.15) is 11.9 Å². The molecule has 3 heterocycles. The van der Waals surface area contributed by atoms with Crippen molar-refractivity contribution in [3.63, 3.8) is 0 Å². The molecule has 0 bridgehead atoms. The zero-order chi connectivity index (χ0) is 24.0. The number of carboxylic acid groups (broad SMARTS) is 1. The predicted molar refractivity (Wildman–Crippen MR) is 137 cm³/mol. The Morgan fingerprint density at radius 1 is 0.971 bits per heavy atom. The SMILES string of the molecule is N[N+]12C=CN=CC1=C(c1ccc3ccc(-c4ccccc4)nc3c1)N=C2C1CCC(C(=O)O)CC1. The van der Waals surface area contributed by atoms with Crippen LogP contribution in [-0.2, 0) is 4.79 Å². The minimum absolute atomic E-state index is 0.00322. The highest BCUT2D eigenvalue weighted by Gasteiger charge is 2.47. The molecule has 6 rings (SSSR count). The van der Waals surface area contributed by atoms with E-state index in [0.29, 0.717) is 12.8 Å². The number of carbonyl (C=O) groups is 1. The first-order valence-electron chi connectivity index (χ1n) is 11.9. The Morgan fingerprint density at radius 2 is 1.74 bits per heavy atom. The number of aromatic nitrogens is 1. The molecule has 7 heteroatoms. The van der Waals surface area contributed by atoms with Gasteiger partial charge < -0.3 is 5.11 Å². The molecule has 1 saturated carbocycles. The number of allylic oxidation sites excluding steroid dienone is 1. The van der Waals surface area contributed by atoms with Crippen LogP contribution in [0.15, 0.2) is 88.7 Å². The van der Waals surface area contributed by atoms with Crippen LogP contribution in [-0.4, -0.2) is 32.7 Å². The molecular weight excluding hydrogens is 438 g/mol. The molecule has 1 fully saturated rings. The monoisotopic (exact) mass is 464 g/mol. The van der Waals surface area contributed by atoms with Crippen LogP contribution in [0.1, 0.15) is 31.2 Å². The number of aliphatic carboxylic acids is 1. The van der Waals surface area contributed by atoms with Crippen molar-refractivity contribution >= 4 is 34.6 Å². The molecule has 1 aromatic heterocycles. The van der Waals surface area contributed by atoms with Crippen LogP contribution in [0.4, 0.5) is 0 Å². The standard InChI is InChI=1S/C28H25N5O2/c29-33-15-14-30-17-25(33)26(32-27(33)20-7-9-21(10-8-20)28(34)35)22-11-6-19-12-13-23(31-24(19)16-22)18-4-2-1-3-5-18/h1-6,11-17,20-21H,7-10,29H2/p+1. The molecule has 2 aliphatic heterocycles. The molecule has 1 atom stereocenters. The van der Waals surface area contributed by atoms with Crippen molar-refractivity contribution in [1.82, 2.24) is 4.98 Å². The number of hydrogen-bond donors (Lipinski definition) is 2. The van der Waals surface area contributed by atoms with Gasteiger partial charge in [-0.15, -0.1) is 4.59 Å². The average Bonchev–Trinajstić information content (AvgIpc) is 3.21. The van der Waals surface area contributed by atoms with Gasteiger partial charge in [0.05, 0.1) is 35.5 Å². The molecule has 0 amide bonds. The summed E-state index contributed by atoms with van der Waals surface area (Å²) < 4.78 is -0.00322. The number of hydrogen-bond acceptors (Lipinski definition) is 5. The third kappa shape index (κ3) is 3.69. The number of pyridine rings is 1. The summed E-state index contributed by atoms with van der Waals surface area (Å²) in [7, 11) is 0. The quantitative estimate of drug-likeness (QED) is 0.413. The van der Waals surface area contributed by atoms with E-state index in [-0.39, 0.29) is 16.4 Å². The Labute approximate surface area is 203 Å². The Hall–Kier alpha value is -3.94. The Balaban J connectivity index is 1.40. The first-order valence-corrected chi connectivity index (χ1v) is 11.9. The van der Waals surface area contributed by atoms with E-state index in [4.69, 9.17) is 15.8 Å². The van der Waals surface area contributed by atoms with Gasteiger partial charge in [0.15, 0.2) is 0 Å². The van der Waals surface area contributed by atoms with Crippen LogP contribution >= 0.6 is 0 Å². The third-order valence-corrected chi connectivity index (χ3v) is 7.31. The molecule has 3 N–H and O–H groups in total. The van der Waals surface area contributed by atoms with E-state index in [2.05, 4.69) is 41.4 Å². The van der Waals surface area contributed by atoms with E-state index in [1.54, 1.807) is 12.4 Å². The van der Waals surface area contributed by atoms with E-state index >= 15 is 0 Å². The summed E-state index contributed by atoms with van der Waals surface area (Å²) in [4.78, 5) is 25.8. The smallest absolute Gasteiger partial charge is 0.306 e. The number of amidine groups is 1. The summed E-state index contributed by atoms with van der Waals surface area (Å²) in [5.41, 5.74) is 5.44. The number of fused-ring (bicyclic) bond motifs is 2. The second-order valence-electron chi connectivity index (χ2n) is 9.41. The maximum absolute atomic E-state index is 11.4. The summed E-state index contributed by atoms with van der Waals surface area (Å²) in [6.07, 6.45) is 8.16. The van der Waals surface area contributed by atoms with Crippen LogP contribution in [0, 0.1) is 11.8 Å². The van der Waals surface area contributed by atoms with Crippen molar-refractivity contribution in [3.8, 4) is 11.3 Å². The largest absolute Gasteiger partial charge is 0.481 e. The molecule has 0 saturated heterocycles. The molecular formula is C28H26N5O2+. The fourth-order valence-electron chi connectivity index (χ4n) is 5.36. The van der Waals surface area contributed by atoms with Crippen LogP contribution in [0.5, 0.6) is 0 Å². The van der Waals surface area contributed by atoms with Crippen molar-refractivity contribution in [2.24, 2.45) is 27.7 Å². The summed E-state index contributed by atoms with van der Waals surface area (Å²) in [5.74, 6) is 6.90. The lowest BCUT2D eigenvalue weighted by Crippen LogP contribution is -2.55. The molecule has 174 valence electrons. The summed E-state index contributed by atoms with van der Waals surface area (Å²) >= 11 is 0. The fraction of sp³-hybridized carbons (Fsp3) is 0.214.